The van der Waals surface area contributed by atoms with E-state index in [2.05, 4.69) is 0 Å². The molecule has 0 aromatic rings. The molecule has 3 heteroatoms. The van der Waals surface area contributed by atoms with E-state index in [0.717, 1.165) is 31.9 Å². The van der Waals surface area contributed by atoms with Crippen LogP contribution in [0.25, 0.3) is 0 Å². The van der Waals surface area contributed by atoms with Crippen LogP contribution in [-0.4, -0.2) is 25.9 Å². The van der Waals surface area contributed by atoms with E-state index in [9.17, 15) is 0 Å². The lowest BCUT2D eigenvalue weighted by molar-refractivity contribution is -0.0501. The molecule has 0 aliphatic carbocycles. The second-order valence-corrected chi connectivity index (χ2v) is 3.00. The molecule has 0 heterocycles. The summed E-state index contributed by atoms with van der Waals surface area (Å²) in [5.41, 5.74) is 0. The molecule has 0 aromatic heterocycles. The Morgan fingerprint density at radius 3 is 2.42 bits per heavy atom. The molecule has 0 rings (SSSR count). The summed E-state index contributed by atoms with van der Waals surface area (Å²) >= 11 is 5.53. The highest BCUT2D eigenvalue weighted by atomic mass is 35.5. The molecule has 0 bridgehead atoms. The van der Waals surface area contributed by atoms with Gasteiger partial charge in [-0.3, -0.25) is 0 Å². The van der Waals surface area contributed by atoms with Crippen molar-refractivity contribution in [3.63, 3.8) is 0 Å². The largest absolute Gasteiger partial charge is 0.356 e. The van der Waals surface area contributed by atoms with Crippen LogP contribution in [0.15, 0.2) is 0 Å². The molecule has 0 spiro atoms. The molecule has 0 aliphatic heterocycles. The average Bonchev–Trinajstić information content (AvgIpc) is 2.10. The molecular formula is C9H19ClO2. The van der Waals surface area contributed by atoms with E-state index >= 15 is 0 Å². The van der Waals surface area contributed by atoms with E-state index in [4.69, 9.17) is 21.1 Å². The summed E-state index contributed by atoms with van der Waals surface area (Å²) in [5, 5.41) is 0. The predicted octanol–water partition coefficient (Wildman–Crippen LogP) is 2.80. The standard InChI is InChI=1S/C9H19ClO2/c1-2-11-9-12-8-6-4-3-5-7-10/h2-9H2,1H3. The van der Waals surface area contributed by atoms with E-state index in [1.165, 1.54) is 12.8 Å². The highest BCUT2D eigenvalue weighted by Gasteiger charge is 1.89. The molecule has 0 amide bonds. The predicted molar refractivity (Wildman–Crippen MR) is 51.6 cm³/mol. The first-order valence-corrected chi connectivity index (χ1v) is 5.16. The fraction of sp³-hybridized carbons (Fsp3) is 1.00. The van der Waals surface area contributed by atoms with Gasteiger partial charge in [-0.05, 0) is 19.8 Å². The summed E-state index contributed by atoms with van der Waals surface area (Å²) in [4.78, 5) is 0. The first-order chi connectivity index (χ1) is 5.91. The van der Waals surface area contributed by atoms with E-state index in [0.29, 0.717) is 6.79 Å². The van der Waals surface area contributed by atoms with Crippen molar-refractivity contribution < 1.29 is 9.47 Å². The maximum atomic E-state index is 5.53. The molecule has 0 saturated carbocycles. The molecule has 0 N–H and O–H groups in total. The minimum Gasteiger partial charge on any atom is -0.356 e. The van der Waals surface area contributed by atoms with Gasteiger partial charge in [0.05, 0.1) is 0 Å². The van der Waals surface area contributed by atoms with Crippen LogP contribution >= 0.6 is 11.6 Å². The van der Waals surface area contributed by atoms with Crippen LogP contribution in [0.1, 0.15) is 32.6 Å². The normalized spacial score (nSPS) is 10.5. The minimum absolute atomic E-state index is 0.437. The van der Waals surface area contributed by atoms with Crippen molar-refractivity contribution in [1.29, 1.82) is 0 Å². The molecule has 0 aromatic carbocycles. The second-order valence-electron chi connectivity index (χ2n) is 2.62. The molecule has 0 unspecified atom stereocenters. The molecule has 74 valence electrons. The van der Waals surface area contributed by atoms with Gasteiger partial charge in [0.2, 0.25) is 0 Å². The fourth-order valence-electron chi connectivity index (χ4n) is 0.853. The van der Waals surface area contributed by atoms with Gasteiger partial charge < -0.3 is 9.47 Å². The number of unbranched alkanes of at least 4 members (excludes halogenated alkanes) is 3. The Balaban J connectivity index is 2.73. The smallest absolute Gasteiger partial charge is 0.146 e. The summed E-state index contributed by atoms with van der Waals surface area (Å²) < 4.78 is 10.2. The Kier molecular flexibility index (Phi) is 11.4. The Hall–Kier alpha value is 0.210. The van der Waals surface area contributed by atoms with Crippen LogP contribution in [0.2, 0.25) is 0 Å². The zero-order valence-corrected chi connectivity index (χ0v) is 8.61. The number of rotatable bonds is 9. The van der Waals surface area contributed by atoms with Crippen LogP contribution in [0.4, 0.5) is 0 Å². The SMILES string of the molecule is CCOCOCCCCCCCl. The van der Waals surface area contributed by atoms with Crippen molar-refractivity contribution in [2.24, 2.45) is 0 Å². The van der Waals surface area contributed by atoms with Gasteiger partial charge in [-0.2, -0.15) is 0 Å². The lowest BCUT2D eigenvalue weighted by Gasteiger charge is -2.02. The van der Waals surface area contributed by atoms with Gasteiger partial charge in [0.15, 0.2) is 0 Å². The van der Waals surface area contributed by atoms with E-state index in [1.807, 2.05) is 6.92 Å². The van der Waals surface area contributed by atoms with E-state index < -0.39 is 0 Å². The van der Waals surface area contributed by atoms with E-state index in [-0.39, 0.29) is 0 Å². The van der Waals surface area contributed by atoms with Gasteiger partial charge in [0.25, 0.3) is 0 Å². The maximum Gasteiger partial charge on any atom is 0.146 e. The lowest BCUT2D eigenvalue weighted by atomic mass is 10.2. The van der Waals surface area contributed by atoms with Crippen LogP contribution in [0, 0.1) is 0 Å². The summed E-state index contributed by atoms with van der Waals surface area (Å²) in [7, 11) is 0. The summed E-state index contributed by atoms with van der Waals surface area (Å²) in [6, 6.07) is 0. The van der Waals surface area contributed by atoms with Gasteiger partial charge in [-0.1, -0.05) is 12.8 Å². The zero-order valence-electron chi connectivity index (χ0n) is 7.85. The van der Waals surface area contributed by atoms with E-state index in [1.54, 1.807) is 0 Å². The molecular weight excluding hydrogens is 176 g/mol. The Morgan fingerprint density at radius 1 is 1.00 bits per heavy atom. The van der Waals surface area contributed by atoms with Crippen molar-refractivity contribution >= 4 is 11.6 Å². The third-order valence-corrected chi connectivity index (χ3v) is 1.81. The number of ether oxygens (including phenoxy) is 2. The van der Waals surface area contributed by atoms with Crippen molar-refractivity contribution in [2.45, 2.75) is 32.6 Å². The van der Waals surface area contributed by atoms with Crippen molar-refractivity contribution in [2.75, 3.05) is 25.9 Å². The molecule has 12 heavy (non-hydrogen) atoms. The quantitative estimate of drug-likeness (QED) is 0.319. The minimum atomic E-state index is 0.437. The van der Waals surface area contributed by atoms with Gasteiger partial charge in [0, 0.05) is 19.1 Å². The molecule has 0 saturated heterocycles. The Bertz CT molecular complexity index is 68.9. The Morgan fingerprint density at radius 2 is 1.75 bits per heavy atom. The summed E-state index contributed by atoms with van der Waals surface area (Å²) in [6.07, 6.45) is 4.65. The lowest BCUT2D eigenvalue weighted by Crippen LogP contribution is -2.00. The van der Waals surface area contributed by atoms with Gasteiger partial charge in [0.1, 0.15) is 6.79 Å². The third-order valence-electron chi connectivity index (χ3n) is 1.54. The molecule has 0 fully saturated rings. The van der Waals surface area contributed by atoms with Crippen molar-refractivity contribution in [3.8, 4) is 0 Å². The number of hydrogen-bond acceptors (Lipinski definition) is 2. The average molecular weight is 195 g/mol. The van der Waals surface area contributed by atoms with Crippen LogP contribution < -0.4 is 0 Å². The number of hydrogen-bond donors (Lipinski definition) is 0. The third kappa shape index (κ3) is 10.2. The molecule has 0 atom stereocenters. The summed E-state index contributed by atoms with van der Waals surface area (Å²) in [5.74, 6) is 0.778. The van der Waals surface area contributed by atoms with Gasteiger partial charge >= 0.3 is 0 Å². The van der Waals surface area contributed by atoms with Crippen molar-refractivity contribution in [3.05, 3.63) is 0 Å². The van der Waals surface area contributed by atoms with Crippen LogP contribution in [0.5, 0.6) is 0 Å². The van der Waals surface area contributed by atoms with Crippen LogP contribution in [-0.2, 0) is 9.47 Å². The van der Waals surface area contributed by atoms with Crippen LogP contribution in [0.3, 0.4) is 0 Å². The zero-order chi connectivity index (χ0) is 9.07. The number of halogens is 1. The van der Waals surface area contributed by atoms with Gasteiger partial charge in [-0.25, -0.2) is 0 Å². The monoisotopic (exact) mass is 194 g/mol. The molecule has 2 nitrogen and oxygen atoms in total. The molecule has 0 aliphatic rings. The second kappa shape index (κ2) is 11.2. The first-order valence-electron chi connectivity index (χ1n) is 4.63. The summed E-state index contributed by atoms with van der Waals surface area (Å²) in [6.45, 7) is 3.93. The molecule has 0 radical (unpaired) electrons. The fourth-order valence-corrected chi connectivity index (χ4v) is 1.04. The highest BCUT2D eigenvalue weighted by molar-refractivity contribution is 6.17. The number of alkyl halides is 1. The van der Waals surface area contributed by atoms with Gasteiger partial charge in [-0.15, -0.1) is 11.6 Å². The maximum absolute atomic E-state index is 5.53. The topological polar surface area (TPSA) is 18.5 Å². The Labute approximate surface area is 80.2 Å². The van der Waals surface area contributed by atoms with Crippen molar-refractivity contribution in [1.82, 2.24) is 0 Å². The highest BCUT2D eigenvalue weighted by Crippen LogP contribution is 2.00. The first kappa shape index (κ1) is 12.2.